The van der Waals surface area contributed by atoms with Crippen molar-refractivity contribution in [1.82, 2.24) is 15.5 Å². The molecule has 2 unspecified atom stereocenters. The van der Waals surface area contributed by atoms with Crippen LogP contribution in [0.4, 0.5) is 0 Å². The number of hydrogen-bond acceptors (Lipinski definition) is 5. The molecule has 1 aliphatic rings. The van der Waals surface area contributed by atoms with Crippen molar-refractivity contribution in [3.05, 3.63) is 12.2 Å². The van der Waals surface area contributed by atoms with E-state index in [-0.39, 0.29) is 18.5 Å². The lowest BCUT2D eigenvalue weighted by Crippen LogP contribution is -2.47. The predicted octanol–water partition coefficient (Wildman–Crippen LogP) is 0.203. The number of aromatic nitrogens is 2. The van der Waals surface area contributed by atoms with E-state index in [1.165, 1.54) is 6.39 Å². The normalized spacial score (nSPS) is 29.2. The largest absolute Gasteiger partial charge is 0.348 e. The smallest absolute Gasteiger partial charge is 0.227 e. The minimum Gasteiger partial charge on any atom is -0.348 e. The van der Waals surface area contributed by atoms with Crippen LogP contribution in [-0.2, 0) is 11.3 Å². The highest BCUT2D eigenvalue weighted by atomic mass is 16.5. The van der Waals surface area contributed by atoms with Gasteiger partial charge in [0, 0.05) is 6.04 Å². The van der Waals surface area contributed by atoms with E-state index in [9.17, 15) is 4.79 Å². The summed E-state index contributed by atoms with van der Waals surface area (Å²) in [5.41, 5.74) is 5.50. The molecule has 88 valence electrons. The maximum Gasteiger partial charge on any atom is 0.227 e. The Labute approximate surface area is 93.6 Å². The van der Waals surface area contributed by atoms with Crippen molar-refractivity contribution >= 4 is 5.91 Å². The third-order valence-corrected chi connectivity index (χ3v) is 3.36. The molecule has 0 aliphatic heterocycles. The molecule has 0 bridgehead atoms. The van der Waals surface area contributed by atoms with E-state index in [1.807, 2.05) is 6.92 Å². The van der Waals surface area contributed by atoms with Crippen LogP contribution in [0.15, 0.2) is 10.9 Å². The fourth-order valence-corrected chi connectivity index (χ4v) is 2.11. The van der Waals surface area contributed by atoms with Crippen LogP contribution in [-0.4, -0.2) is 22.1 Å². The van der Waals surface area contributed by atoms with Crippen LogP contribution in [0.25, 0.3) is 0 Å². The molecule has 2 atom stereocenters. The molecule has 6 heteroatoms. The molecule has 0 aromatic carbocycles. The summed E-state index contributed by atoms with van der Waals surface area (Å²) in [5, 5.41) is 6.42. The molecule has 16 heavy (non-hydrogen) atoms. The lowest BCUT2D eigenvalue weighted by molar-refractivity contribution is -0.130. The highest BCUT2D eigenvalue weighted by Crippen LogP contribution is 2.36. The molecule has 0 spiro atoms. The van der Waals surface area contributed by atoms with Gasteiger partial charge in [0.2, 0.25) is 12.3 Å². The Balaban J connectivity index is 1.93. The quantitative estimate of drug-likeness (QED) is 0.765. The topological polar surface area (TPSA) is 94.0 Å². The molecule has 1 aromatic rings. The average molecular weight is 224 g/mol. The van der Waals surface area contributed by atoms with Crippen LogP contribution in [0.1, 0.15) is 32.0 Å². The molecule has 0 radical (unpaired) electrons. The minimum atomic E-state index is -0.455. The number of amides is 1. The Morgan fingerprint density at radius 3 is 3.19 bits per heavy atom. The molecule has 2 rings (SSSR count). The van der Waals surface area contributed by atoms with E-state index in [4.69, 9.17) is 5.73 Å². The van der Waals surface area contributed by atoms with Crippen LogP contribution in [0.2, 0.25) is 0 Å². The summed E-state index contributed by atoms with van der Waals surface area (Å²) in [6.07, 6.45) is 4.00. The first-order valence-electron chi connectivity index (χ1n) is 5.42. The van der Waals surface area contributed by atoms with Crippen LogP contribution < -0.4 is 11.1 Å². The van der Waals surface area contributed by atoms with Gasteiger partial charge in [-0.25, -0.2) is 0 Å². The van der Waals surface area contributed by atoms with E-state index >= 15 is 0 Å². The molecule has 1 amide bonds. The maximum atomic E-state index is 12.0. The second-order valence-electron chi connectivity index (χ2n) is 4.45. The van der Waals surface area contributed by atoms with E-state index < -0.39 is 5.41 Å². The number of hydrogen-bond donors (Lipinski definition) is 2. The van der Waals surface area contributed by atoms with Gasteiger partial charge in [0.1, 0.15) is 0 Å². The van der Waals surface area contributed by atoms with Crippen molar-refractivity contribution in [2.45, 2.75) is 38.8 Å². The summed E-state index contributed by atoms with van der Waals surface area (Å²) in [6, 6.07) is -0.0576. The second-order valence-corrected chi connectivity index (χ2v) is 4.45. The Kier molecular flexibility index (Phi) is 2.91. The number of nitrogens with one attached hydrogen (secondary N) is 1. The molecular formula is C10H16N4O2. The van der Waals surface area contributed by atoms with Crippen LogP contribution in [0.5, 0.6) is 0 Å². The van der Waals surface area contributed by atoms with Crippen molar-refractivity contribution in [1.29, 1.82) is 0 Å². The second kappa shape index (κ2) is 4.21. The Morgan fingerprint density at radius 1 is 1.81 bits per heavy atom. The standard InChI is InChI=1S/C10H16N4O2/c1-10(4-2-3-7(10)11)9(15)12-5-8-13-6-16-14-8/h6-7H,2-5,11H2,1H3,(H,12,15). The van der Waals surface area contributed by atoms with Gasteiger partial charge in [-0.3, -0.25) is 4.79 Å². The van der Waals surface area contributed by atoms with Gasteiger partial charge in [-0.05, 0) is 19.8 Å². The van der Waals surface area contributed by atoms with Gasteiger partial charge < -0.3 is 15.6 Å². The first-order chi connectivity index (χ1) is 7.63. The number of rotatable bonds is 3. The summed E-state index contributed by atoms with van der Waals surface area (Å²) < 4.78 is 4.58. The molecule has 0 saturated heterocycles. The molecule has 1 fully saturated rings. The zero-order chi connectivity index (χ0) is 11.6. The van der Waals surface area contributed by atoms with Crippen LogP contribution >= 0.6 is 0 Å². The van der Waals surface area contributed by atoms with Crippen molar-refractivity contribution in [3.8, 4) is 0 Å². The van der Waals surface area contributed by atoms with Crippen LogP contribution in [0.3, 0.4) is 0 Å². The predicted molar refractivity (Wildman–Crippen MR) is 56.1 cm³/mol. The lowest BCUT2D eigenvalue weighted by Gasteiger charge is -2.27. The fourth-order valence-electron chi connectivity index (χ4n) is 2.11. The third-order valence-electron chi connectivity index (χ3n) is 3.36. The first-order valence-corrected chi connectivity index (χ1v) is 5.42. The summed E-state index contributed by atoms with van der Waals surface area (Å²) in [7, 11) is 0. The van der Waals surface area contributed by atoms with Gasteiger partial charge in [0.05, 0.1) is 12.0 Å². The Morgan fingerprint density at radius 2 is 2.62 bits per heavy atom. The average Bonchev–Trinajstić information content (AvgIpc) is 2.87. The first kappa shape index (κ1) is 11.1. The van der Waals surface area contributed by atoms with Crippen LogP contribution in [0, 0.1) is 5.41 Å². The number of carbonyl (C=O) groups is 1. The zero-order valence-electron chi connectivity index (χ0n) is 9.27. The number of nitrogens with two attached hydrogens (primary N) is 1. The Hall–Kier alpha value is -1.43. The SMILES string of the molecule is CC1(C(=O)NCc2ncon2)CCCC1N. The molecule has 6 nitrogen and oxygen atoms in total. The van der Waals surface area contributed by atoms with E-state index in [0.717, 1.165) is 19.3 Å². The van der Waals surface area contributed by atoms with Gasteiger partial charge in [-0.2, -0.15) is 4.98 Å². The number of nitrogens with zero attached hydrogens (tertiary/aromatic N) is 2. The van der Waals surface area contributed by atoms with Gasteiger partial charge in [-0.15, -0.1) is 0 Å². The molecular weight excluding hydrogens is 208 g/mol. The molecule has 1 heterocycles. The van der Waals surface area contributed by atoms with Gasteiger partial charge >= 0.3 is 0 Å². The monoisotopic (exact) mass is 224 g/mol. The fraction of sp³-hybridized carbons (Fsp3) is 0.700. The summed E-state index contributed by atoms with van der Waals surface area (Å²) in [6.45, 7) is 2.20. The Bertz CT molecular complexity index is 365. The van der Waals surface area contributed by atoms with E-state index in [0.29, 0.717) is 5.82 Å². The maximum absolute atomic E-state index is 12.0. The van der Waals surface area contributed by atoms with Crippen molar-refractivity contribution in [3.63, 3.8) is 0 Å². The third kappa shape index (κ3) is 1.92. The highest BCUT2D eigenvalue weighted by molar-refractivity contribution is 5.83. The van der Waals surface area contributed by atoms with E-state index in [2.05, 4.69) is 20.0 Å². The molecule has 1 saturated carbocycles. The summed E-state index contributed by atoms with van der Waals surface area (Å²) in [5.74, 6) is 0.450. The zero-order valence-corrected chi connectivity index (χ0v) is 9.27. The molecule has 1 aliphatic carbocycles. The lowest BCUT2D eigenvalue weighted by atomic mass is 9.84. The van der Waals surface area contributed by atoms with Gasteiger partial charge in [-0.1, -0.05) is 11.6 Å². The van der Waals surface area contributed by atoms with Crippen molar-refractivity contribution < 1.29 is 9.32 Å². The van der Waals surface area contributed by atoms with Crippen molar-refractivity contribution in [2.24, 2.45) is 11.1 Å². The highest BCUT2D eigenvalue weighted by Gasteiger charge is 2.42. The summed E-state index contributed by atoms with van der Waals surface area (Å²) >= 11 is 0. The summed E-state index contributed by atoms with van der Waals surface area (Å²) in [4.78, 5) is 15.8. The van der Waals surface area contributed by atoms with E-state index in [1.54, 1.807) is 0 Å². The molecule has 3 N–H and O–H groups in total. The van der Waals surface area contributed by atoms with Gasteiger partial charge in [0.25, 0.3) is 0 Å². The number of carbonyl (C=O) groups excluding carboxylic acids is 1. The van der Waals surface area contributed by atoms with Crippen molar-refractivity contribution in [2.75, 3.05) is 0 Å². The molecule has 1 aromatic heterocycles. The van der Waals surface area contributed by atoms with Gasteiger partial charge in [0.15, 0.2) is 5.82 Å². The minimum absolute atomic E-state index is 0.0256.